The van der Waals surface area contributed by atoms with Gasteiger partial charge < -0.3 is 9.84 Å². The van der Waals surface area contributed by atoms with E-state index < -0.39 is 14.2 Å². The average molecular weight is 518 g/mol. The topological polar surface area (TPSA) is 95.1 Å². The summed E-state index contributed by atoms with van der Waals surface area (Å²) in [6.07, 6.45) is 2.26. The van der Waals surface area contributed by atoms with E-state index in [-0.39, 0.29) is 30.3 Å². The molecule has 0 aliphatic heterocycles. The van der Waals surface area contributed by atoms with E-state index in [2.05, 4.69) is 34.8 Å². The number of ether oxygens (including phenoxy) is 1. The van der Waals surface area contributed by atoms with Gasteiger partial charge in [-0.15, -0.1) is 0 Å². The molecule has 1 unspecified atom stereocenters. The van der Waals surface area contributed by atoms with Crippen LogP contribution in [0.25, 0.3) is 11.5 Å². The summed E-state index contributed by atoms with van der Waals surface area (Å²) in [5.74, 6) is 0.0461. The lowest BCUT2D eigenvalue weighted by atomic mass is 9.86. The summed E-state index contributed by atoms with van der Waals surface area (Å²) in [6.45, 7) is 9.71. The Balaban J connectivity index is 1.59. The number of rotatable bonds is 11. The fraction of sp³-hybridized carbons (Fsp3) is 0.357. The molecule has 0 aliphatic rings. The Bertz CT molecular complexity index is 1310. The summed E-state index contributed by atoms with van der Waals surface area (Å²) in [5.41, 5.74) is 2.50. The summed E-state index contributed by atoms with van der Waals surface area (Å²) in [7, 11) is -1.20. The third kappa shape index (κ3) is 6.88. The monoisotopic (exact) mass is 517 g/mol. The van der Waals surface area contributed by atoms with Crippen LogP contribution in [-0.4, -0.2) is 50.4 Å². The van der Waals surface area contributed by atoms with Gasteiger partial charge in [0.25, 0.3) is 0 Å². The summed E-state index contributed by atoms with van der Waals surface area (Å²) in [6, 6.07) is 20.8. The molecule has 9 heteroatoms. The number of hydrogen-bond acceptors (Lipinski definition) is 6. The zero-order valence-electron chi connectivity index (χ0n) is 21.9. The van der Waals surface area contributed by atoms with Gasteiger partial charge in [0.2, 0.25) is 5.43 Å². The second-order valence-corrected chi connectivity index (χ2v) is 16.1. The van der Waals surface area contributed by atoms with Crippen LogP contribution in [0.3, 0.4) is 0 Å². The highest BCUT2D eigenvalue weighted by Crippen LogP contribution is 2.29. The molecule has 1 atom stereocenters. The molecule has 0 saturated heterocycles. The van der Waals surface area contributed by atoms with Crippen molar-refractivity contribution in [1.82, 2.24) is 24.5 Å². The summed E-state index contributed by atoms with van der Waals surface area (Å²) < 4.78 is 9.02. The number of aryl methyl sites for hydroxylation is 1. The van der Waals surface area contributed by atoms with Crippen molar-refractivity contribution in [2.45, 2.75) is 57.9 Å². The first-order chi connectivity index (χ1) is 17.7. The summed E-state index contributed by atoms with van der Waals surface area (Å²) in [4.78, 5) is 17.4. The SMILES string of the molecule is Cc1cn(COCC[Si](C)(C)C)nc(-c2ncnn2CC(O)C(c2ccccc2)c2ccccc2)c1=O. The Morgan fingerprint density at radius 1 is 1.00 bits per heavy atom. The maximum atomic E-state index is 13.0. The zero-order valence-corrected chi connectivity index (χ0v) is 22.9. The van der Waals surface area contributed by atoms with E-state index in [9.17, 15) is 9.90 Å². The molecule has 2 aromatic carbocycles. The van der Waals surface area contributed by atoms with Gasteiger partial charge in [-0.3, -0.25) is 4.79 Å². The third-order valence-electron chi connectivity index (χ3n) is 6.25. The number of aliphatic hydroxyl groups excluding tert-OH is 1. The van der Waals surface area contributed by atoms with E-state index in [0.29, 0.717) is 18.0 Å². The molecule has 0 aliphatic carbocycles. The molecule has 194 valence electrons. The Morgan fingerprint density at radius 2 is 1.62 bits per heavy atom. The van der Waals surface area contributed by atoms with Crippen LogP contribution in [0.15, 0.2) is 78.0 Å². The molecule has 2 heterocycles. The van der Waals surface area contributed by atoms with Gasteiger partial charge in [-0.2, -0.15) is 10.2 Å². The minimum absolute atomic E-state index is 0.144. The van der Waals surface area contributed by atoms with E-state index in [1.165, 1.54) is 6.33 Å². The first kappa shape index (κ1) is 26.7. The van der Waals surface area contributed by atoms with Crippen molar-refractivity contribution < 1.29 is 9.84 Å². The number of aliphatic hydroxyl groups is 1. The molecule has 8 nitrogen and oxygen atoms in total. The van der Waals surface area contributed by atoms with Crippen LogP contribution in [0.2, 0.25) is 25.7 Å². The molecule has 0 bridgehead atoms. The van der Waals surface area contributed by atoms with Gasteiger partial charge in [0.15, 0.2) is 11.5 Å². The van der Waals surface area contributed by atoms with Gasteiger partial charge in [0.05, 0.1) is 12.6 Å². The number of nitrogens with zero attached hydrogens (tertiary/aromatic N) is 5. The van der Waals surface area contributed by atoms with Crippen molar-refractivity contribution in [3.8, 4) is 11.5 Å². The minimum Gasteiger partial charge on any atom is -0.390 e. The Kier molecular flexibility index (Phi) is 8.47. The molecule has 0 spiro atoms. The molecule has 2 aromatic heterocycles. The van der Waals surface area contributed by atoms with Crippen molar-refractivity contribution in [2.24, 2.45) is 0 Å². The van der Waals surface area contributed by atoms with Crippen molar-refractivity contribution in [3.05, 3.63) is 100 Å². The van der Waals surface area contributed by atoms with Crippen LogP contribution in [0, 0.1) is 6.92 Å². The highest BCUT2D eigenvalue weighted by atomic mass is 28.3. The van der Waals surface area contributed by atoms with Crippen LogP contribution in [0.1, 0.15) is 22.6 Å². The molecule has 0 amide bonds. The lowest BCUT2D eigenvalue weighted by molar-refractivity contribution is 0.0773. The predicted molar refractivity (Wildman–Crippen MR) is 147 cm³/mol. The maximum absolute atomic E-state index is 13.0. The molecule has 0 fully saturated rings. The molecule has 0 radical (unpaired) electrons. The van der Waals surface area contributed by atoms with Crippen molar-refractivity contribution in [1.29, 1.82) is 0 Å². The molecular formula is C28H35N5O3Si. The Morgan fingerprint density at radius 3 is 2.22 bits per heavy atom. The fourth-order valence-electron chi connectivity index (χ4n) is 4.24. The molecule has 1 N–H and O–H groups in total. The minimum atomic E-state index is -1.20. The van der Waals surface area contributed by atoms with Crippen LogP contribution < -0.4 is 5.43 Å². The van der Waals surface area contributed by atoms with E-state index in [0.717, 1.165) is 17.2 Å². The second-order valence-electron chi connectivity index (χ2n) is 10.5. The first-order valence-electron chi connectivity index (χ1n) is 12.6. The number of aromatic nitrogens is 5. The van der Waals surface area contributed by atoms with Crippen molar-refractivity contribution in [3.63, 3.8) is 0 Å². The molecule has 0 saturated carbocycles. The molecule has 4 rings (SSSR count). The average Bonchev–Trinajstić information content (AvgIpc) is 3.32. The zero-order chi connectivity index (χ0) is 26.4. The van der Waals surface area contributed by atoms with Gasteiger partial charge in [-0.1, -0.05) is 80.3 Å². The highest BCUT2D eigenvalue weighted by Gasteiger charge is 2.26. The van der Waals surface area contributed by atoms with Crippen molar-refractivity contribution in [2.75, 3.05) is 6.61 Å². The lowest BCUT2D eigenvalue weighted by Gasteiger charge is -2.24. The van der Waals surface area contributed by atoms with Gasteiger partial charge in [0, 0.05) is 32.4 Å². The van der Waals surface area contributed by atoms with Crippen LogP contribution in [0.5, 0.6) is 0 Å². The Hall–Kier alpha value is -3.40. The fourth-order valence-corrected chi connectivity index (χ4v) is 5.00. The third-order valence-corrected chi connectivity index (χ3v) is 7.96. The lowest BCUT2D eigenvalue weighted by Crippen LogP contribution is -2.27. The van der Waals surface area contributed by atoms with Crippen LogP contribution in [-0.2, 0) is 18.0 Å². The van der Waals surface area contributed by atoms with E-state index >= 15 is 0 Å². The molecular weight excluding hydrogens is 482 g/mol. The van der Waals surface area contributed by atoms with Gasteiger partial charge in [-0.05, 0) is 24.1 Å². The first-order valence-corrected chi connectivity index (χ1v) is 16.3. The van der Waals surface area contributed by atoms with E-state index in [1.807, 2.05) is 60.7 Å². The molecule has 37 heavy (non-hydrogen) atoms. The van der Waals surface area contributed by atoms with Gasteiger partial charge in [-0.25, -0.2) is 14.3 Å². The second kappa shape index (κ2) is 11.8. The van der Waals surface area contributed by atoms with Gasteiger partial charge in [0.1, 0.15) is 13.1 Å². The van der Waals surface area contributed by atoms with E-state index in [4.69, 9.17) is 4.74 Å². The highest BCUT2D eigenvalue weighted by molar-refractivity contribution is 6.76. The maximum Gasteiger partial charge on any atom is 0.214 e. The summed E-state index contributed by atoms with van der Waals surface area (Å²) >= 11 is 0. The number of benzene rings is 2. The van der Waals surface area contributed by atoms with Crippen molar-refractivity contribution >= 4 is 8.07 Å². The number of hydrogen-bond donors (Lipinski definition) is 1. The Labute approximate surface area is 218 Å². The predicted octanol–water partition coefficient (Wildman–Crippen LogP) is 4.32. The standard InChI is InChI=1S/C28H35N5O3Si/c1-21-17-32(20-36-15-16-37(2,3)4)31-26(27(21)35)28-29-19-30-33(28)18-24(34)25(22-11-7-5-8-12-22)23-13-9-6-10-14-23/h5-14,17,19,24-25,34H,15-16,18,20H2,1-4H3. The van der Waals surface area contributed by atoms with Crippen LogP contribution in [0.4, 0.5) is 0 Å². The van der Waals surface area contributed by atoms with Crippen LogP contribution >= 0.6 is 0 Å². The largest absolute Gasteiger partial charge is 0.390 e. The quantitative estimate of drug-likeness (QED) is 0.235. The molecule has 4 aromatic rings. The normalized spacial score (nSPS) is 12.7. The summed E-state index contributed by atoms with van der Waals surface area (Å²) in [5, 5.41) is 20.3. The van der Waals surface area contributed by atoms with E-state index in [1.54, 1.807) is 22.5 Å². The van der Waals surface area contributed by atoms with Gasteiger partial charge >= 0.3 is 0 Å². The smallest absolute Gasteiger partial charge is 0.214 e.